The van der Waals surface area contributed by atoms with Gasteiger partial charge in [0.05, 0.1) is 5.75 Å². The molecule has 0 bridgehead atoms. The van der Waals surface area contributed by atoms with Gasteiger partial charge >= 0.3 is 0 Å². The zero-order valence-corrected chi connectivity index (χ0v) is 13.3. The Morgan fingerprint density at radius 3 is 2.11 bits per heavy atom. The molecule has 19 heavy (non-hydrogen) atoms. The Morgan fingerprint density at radius 1 is 0.842 bits per heavy atom. The Morgan fingerprint density at radius 2 is 1.42 bits per heavy atom. The fourth-order valence-electron chi connectivity index (χ4n) is 1.80. The van der Waals surface area contributed by atoms with Crippen LogP contribution in [0.1, 0.15) is 11.1 Å². The number of nitrogens with one attached hydrogen (secondary N) is 1. The van der Waals surface area contributed by atoms with E-state index in [0.717, 1.165) is 35.3 Å². The van der Waals surface area contributed by atoms with Gasteiger partial charge in [0.25, 0.3) is 0 Å². The van der Waals surface area contributed by atoms with E-state index in [9.17, 15) is 4.79 Å². The molecule has 1 amide bonds. The van der Waals surface area contributed by atoms with Gasteiger partial charge in [-0.15, -0.1) is 0 Å². The van der Waals surface area contributed by atoms with E-state index in [1.54, 1.807) is 11.8 Å². The highest BCUT2D eigenvalue weighted by Gasteiger charge is 2.05. The van der Waals surface area contributed by atoms with Gasteiger partial charge in [-0.3, -0.25) is 4.79 Å². The van der Waals surface area contributed by atoms with Crippen LogP contribution < -0.4 is 5.32 Å². The lowest BCUT2D eigenvalue weighted by molar-refractivity contribution is -0.118. The fourth-order valence-corrected chi connectivity index (χ4v) is 4.71. The van der Waals surface area contributed by atoms with Crippen molar-refractivity contribution in [1.29, 1.82) is 0 Å². The summed E-state index contributed by atoms with van der Waals surface area (Å²) >= 11 is 5.59. The Kier molecular flexibility index (Phi) is 7.03. The molecule has 0 atom stereocenters. The van der Waals surface area contributed by atoms with Gasteiger partial charge in [-0.05, 0) is 11.1 Å². The molecule has 0 saturated heterocycles. The van der Waals surface area contributed by atoms with Crippen molar-refractivity contribution in [1.82, 2.24) is 5.32 Å². The second kappa shape index (κ2) is 8.82. The van der Waals surface area contributed by atoms with E-state index < -0.39 is 0 Å². The molecular weight excluding hydrogens is 294 g/mol. The molecule has 0 aromatic heterocycles. The number of carbonyl (C=O) groups is 1. The Bertz CT molecular complexity index is 411. The highest BCUT2D eigenvalue weighted by atomic mass is 32.2. The zero-order chi connectivity index (χ0) is 13.3. The van der Waals surface area contributed by atoms with Crippen LogP contribution in [0.4, 0.5) is 0 Å². The van der Waals surface area contributed by atoms with Crippen molar-refractivity contribution >= 4 is 41.2 Å². The summed E-state index contributed by atoms with van der Waals surface area (Å²) in [5, 5.41) is 2.97. The first-order chi connectivity index (χ1) is 9.36. The van der Waals surface area contributed by atoms with Gasteiger partial charge in [0.1, 0.15) is 0 Å². The third kappa shape index (κ3) is 5.71. The van der Waals surface area contributed by atoms with Crippen molar-refractivity contribution in [3.63, 3.8) is 0 Å². The van der Waals surface area contributed by atoms with Gasteiger partial charge in [0, 0.05) is 35.3 Å². The predicted molar refractivity (Wildman–Crippen MR) is 89.1 cm³/mol. The molecule has 1 aromatic carbocycles. The monoisotopic (exact) mass is 313 g/mol. The molecule has 1 heterocycles. The average molecular weight is 314 g/mol. The van der Waals surface area contributed by atoms with E-state index in [1.165, 1.54) is 11.1 Å². The quantitative estimate of drug-likeness (QED) is 0.797. The second-order valence-corrected chi connectivity index (χ2v) is 7.59. The van der Waals surface area contributed by atoms with E-state index in [1.807, 2.05) is 23.5 Å². The molecule has 1 aromatic rings. The van der Waals surface area contributed by atoms with E-state index in [4.69, 9.17) is 0 Å². The smallest absolute Gasteiger partial charge is 0.230 e. The van der Waals surface area contributed by atoms with Crippen LogP contribution in [0.25, 0.3) is 0 Å². The molecule has 0 spiro atoms. The summed E-state index contributed by atoms with van der Waals surface area (Å²) in [5.74, 6) is 6.05. The van der Waals surface area contributed by atoms with E-state index in [-0.39, 0.29) is 5.91 Å². The minimum absolute atomic E-state index is 0.174. The molecule has 1 aliphatic rings. The summed E-state index contributed by atoms with van der Waals surface area (Å²) in [6.45, 7) is 0.779. The molecule has 0 aliphatic carbocycles. The third-order valence-corrected chi connectivity index (χ3v) is 6.04. The minimum Gasteiger partial charge on any atom is -0.355 e. The fraction of sp³-hybridized carbons (Fsp3) is 0.500. The van der Waals surface area contributed by atoms with Crippen LogP contribution in [0.5, 0.6) is 0 Å². The molecule has 0 radical (unpaired) electrons. The average Bonchev–Trinajstić information content (AvgIpc) is 2.43. The van der Waals surface area contributed by atoms with Crippen molar-refractivity contribution in [3.05, 3.63) is 35.4 Å². The van der Waals surface area contributed by atoms with Crippen molar-refractivity contribution in [2.45, 2.75) is 11.5 Å². The number of amides is 1. The van der Waals surface area contributed by atoms with Crippen LogP contribution in [0.15, 0.2) is 24.3 Å². The van der Waals surface area contributed by atoms with Crippen LogP contribution in [-0.4, -0.2) is 35.5 Å². The first-order valence-electron chi connectivity index (χ1n) is 6.43. The summed E-state index contributed by atoms with van der Waals surface area (Å²) in [7, 11) is 0. The molecule has 0 saturated carbocycles. The lowest BCUT2D eigenvalue weighted by Crippen LogP contribution is -2.27. The lowest BCUT2D eigenvalue weighted by Gasteiger charge is -2.11. The second-order valence-electron chi connectivity index (χ2n) is 4.28. The standard InChI is InChI=1S/C14H19NOS3/c16-14-11-19-8-7-18-10-13-4-2-1-3-12(13)9-17-6-5-15-14/h1-4H,5-11H2,(H,15,16). The van der Waals surface area contributed by atoms with Crippen molar-refractivity contribution in [2.75, 3.05) is 29.6 Å². The highest BCUT2D eigenvalue weighted by Crippen LogP contribution is 2.21. The van der Waals surface area contributed by atoms with Gasteiger partial charge < -0.3 is 5.32 Å². The maximum Gasteiger partial charge on any atom is 0.230 e. The summed E-state index contributed by atoms with van der Waals surface area (Å²) in [5.41, 5.74) is 2.90. The molecule has 1 aliphatic heterocycles. The van der Waals surface area contributed by atoms with E-state index in [2.05, 4.69) is 29.6 Å². The molecule has 0 fully saturated rings. The van der Waals surface area contributed by atoms with Crippen LogP contribution >= 0.6 is 35.3 Å². The van der Waals surface area contributed by atoms with Crippen LogP contribution in [0.2, 0.25) is 0 Å². The minimum atomic E-state index is 0.174. The zero-order valence-electron chi connectivity index (χ0n) is 10.9. The summed E-state index contributed by atoms with van der Waals surface area (Å²) in [4.78, 5) is 11.5. The number of thioether (sulfide) groups is 3. The summed E-state index contributed by atoms with van der Waals surface area (Å²) < 4.78 is 0. The van der Waals surface area contributed by atoms with Gasteiger partial charge in [-0.1, -0.05) is 24.3 Å². The normalized spacial score (nSPS) is 19.1. The first-order valence-corrected chi connectivity index (χ1v) is 9.89. The molecule has 104 valence electrons. The van der Waals surface area contributed by atoms with Crippen LogP contribution in [-0.2, 0) is 16.3 Å². The topological polar surface area (TPSA) is 29.1 Å². The van der Waals surface area contributed by atoms with Gasteiger partial charge in [0.15, 0.2) is 0 Å². The number of carbonyl (C=O) groups excluding carboxylic acids is 1. The van der Waals surface area contributed by atoms with Crippen LogP contribution in [0, 0.1) is 0 Å². The molecule has 2 nitrogen and oxygen atoms in total. The van der Waals surface area contributed by atoms with E-state index in [0.29, 0.717) is 5.75 Å². The first kappa shape index (κ1) is 15.1. The SMILES string of the molecule is O=C1CSCCSCc2ccccc2CSCCN1. The number of fused-ring (bicyclic) bond motifs is 1. The number of benzene rings is 1. The maximum atomic E-state index is 11.5. The molecule has 5 heteroatoms. The van der Waals surface area contributed by atoms with Gasteiger partial charge in [0.2, 0.25) is 5.91 Å². The van der Waals surface area contributed by atoms with E-state index >= 15 is 0 Å². The van der Waals surface area contributed by atoms with Crippen molar-refractivity contribution < 1.29 is 4.79 Å². The lowest BCUT2D eigenvalue weighted by atomic mass is 10.1. The molecular formula is C14H19NOS3. The largest absolute Gasteiger partial charge is 0.355 e. The molecule has 1 N–H and O–H groups in total. The number of rotatable bonds is 0. The van der Waals surface area contributed by atoms with Crippen molar-refractivity contribution in [2.24, 2.45) is 0 Å². The maximum absolute atomic E-state index is 11.5. The van der Waals surface area contributed by atoms with Gasteiger partial charge in [-0.25, -0.2) is 0 Å². The van der Waals surface area contributed by atoms with Crippen molar-refractivity contribution in [3.8, 4) is 0 Å². The molecule has 0 unspecified atom stereocenters. The number of hydrogen-bond acceptors (Lipinski definition) is 4. The summed E-state index contributed by atoms with van der Waals surface area (Å²) in [6, 6.07) is 8.71. The van der Waals surface area contributed by atoms with Gasteiger partial charge in [-0.2, -0.15) is 35.3 Å². The third-order valence-electron chi connectivity index (χ3n) is 2.81. The Labute approximate surface area is 127 Å². The predicted octanol–water partition coefficient (Wildman–Crippen LogP) is 3.02. The Balaban J connectivity index is 1.93. The molecule has 2 rings (SSSR count). The Hall–Kier alpha value is -0.260. The summed E-state index contributed by atoms with van der Waals surface area (Å²) in [6.07, 6.45) is 0. The number of hydrogen-bond donors (Lipinski definition) is 1. The van der Waals surface area contributed by atoms with Crippen LogP contribution in [0.3, 0.4) is 0 Å². The highest BCUT2D eigenvalue weighted by molar-refractivity contribution is 8.02.